The van der Waals surface area contributed by atoms with E-state index in [-0.39, 0.29) is 12.5 Å². The highest BCUT2D eigenvalue weighted by Crippen LogP contribution is 2.35. The van der Waals surface area contributed by atoms with Crippen molar-refractivity contribution in [2.45, 2.75) is 13.5 Å². The summed E-state index contributed by atoms with van der Waals surface area (Å²) in [7, 11) is 0. The highest BCUT2D eigenvalue weighted by atomic mass is 32.1. The molecule has 2 heterocycles. The summed E-state index contributed by atoms with van der Waals surface area (Å²) in [5, 5.41) is 0.602. The van der Waals surface area contributed by atoms with E-state index in [1.54, 1.807) is 11.2 Å². The quantitative estimate of drug-likeness (QED) is 0.271. The minimum atomic E-state index is -0.136. The Morgan fingerprint density at radius 2 is 1.73 bits per heavy atom. The maximum absolute atomic E-state index is 13.6. The van der Waals surface area contributed by atoms with Crippen LogP contribution in [0.4, 0.5) is 5.13 Å². The fourth-order valence-corrected chi connectivity index (χ4v) is 4.66. The highest BCUT2D eigenvalue weighted by molar-refractivity contribution is 7.22. The summed E-state index contributed by atoms with van der Waals surface area (Å²) < 4.78 is 12.2. The molecule has 0 N–H and O–H groups in total. The molecular formula is C27H22N2O3S. The Labute approximate surface area is 195 Å². The molecule has 0 bridgehead atoms. The van der Waals surface area contributed by atoms with Crippen LogP contribution in [0.5, 0.6) is 5.75 Å². The minimum Gasteiger partial charge on any atom is -0.492 e. The molecule has 0 aliphatic heterocycles. The predicted molar refractivity (Wildman–Crippen MR) is 132 cm³/mol. The summed E-state index contributed by atoms with van der Waals surface area (Å²) in [6, 6.07) is 27.3. The lowest BCUT2D eigenvalue weighted by Gasteiger charge is -2.19. The molecule has 0 spiro atoms. The van der Waals surface area contributed by atoms with Crippen LogP contribution in [-0.2, 0) is 6.54 Å². The molecule has 0 unspecified atom stereocenters. The standard InChI is InChI=1S/C27H22N2O3S/c1-2-31-23-11-6-12-24-25(23)28-27(33-24)29(18-22-10-7-17-32-22)26(30)21-15-13-20(14-16-21)19-8-4-3-5-9-19/h3-17H,2,18H2,1H3. The Bertz CT molecular complexity index is 1360. The molecule has 33 heavy (non-hydrogen) atoms. The number of fused-ring (bicyclic) bond motifs is 1. The van der Waals surface area contributed by atoms with Gasteiger partial charge >= 0.3 is 0 Å². The number of hydrogen-bond acceptors (Lipinski definition) is 5. The smallest absolute Gasteiger partial charge is 0.260 e. The number of aromatic nitrogens is 1. The number of thiazole rings is 1. The number of para-hydroxylation sites is 1. The number of nitrogens with zero attached hydrogens (tertiary/aromatic N) is 2. The number of amides is 1. The van der Waals surface area contributed by atoms with Gasteiger partial charge in [0.15, 0.2) is 5.13 Å². The van der Waals surface area contributed by atoms with E-state index >= 15 is 0 Å². The first-order chi connectivity index (χ1) is 16.2. The van der Waals surface area contributed by atoms with Gasteiger partial charge in [-0.1, -0.05) is 59.9 Å². The number of anilines is 1. The zero-order chi connectivity index (χ0) is 22.6. The molecule has 0 aliphatic rings. The average molecular weight is 455 g/mol. The van der Waals surface area contributed by atoms with Gasteiger partial charge < -0.3 is 9.15 Å². The lowest BCUT2D eigenvalue weighted by atomic mass is 10.0. The number of benzene rings is 3. The first kappa shape index (κ1) is 21.0. The Morgan fingerprint density at radius 1 is 0.939 bits per heavy atom. The van der Waals surface area contributed by atoms with Crippen LogP contribution in [0, 0.1) is 0 Å². The van der Waals surface area contributed by atoms with Gasteiger partial charge in [-0.3, -0.25) is 9.69 Å². The molecule has 5 nitrogen and oxygen atoms in total. The van der Waals surface area contributed by atoms with E-state index in [4.69, 9.17) is 14.1 Å². The molecule has 0 fully saturated rings. The summed E-state index contributed by atoms with van der Waals surface area (Å²) in [6.07, 6.45) is 1.61. The SMILES string of the molecule is CCOc1cccc2sc(N(Cc3ccco3)C(=O)c3ccc(-c4ccccc4)cc3)nc12. The Hall–Kier alpha value is -3.90. The van der Waals surface area contributed by atoms with Gasteiger partial charge in [-0.2, -0.15) is 0 Å². The third-order valence-corrected chi connectivity index (χ3v) is 6.32. The van der Waals surface area contributed by atoms with Gasteiger partial charge in [-0.25, -0.2) is 4.98 Å². The second-order valence-corrected chi connectivity index (χ2v) is 8.46. The largest absolute Gasteiger partial charge is 0.492 e. The molecule has 3 aromatic carbocycles. The van der Waals surface area contributed by atoms with Crippen molar-refractivity contribution in [3.05, 3.63) is 103 Å². The van der Waals surface area contributed by atoms with Gasteiger partial charge in [0.2, 0.25) is 0 Å². The van der Waals surface area contributed by atoms with E-state index < -0.39 is 0 Å². The zero-order valence-corrected chi connectivity index (χ0v) is 18.9. The maximum atomic E-state index is 13.6. The van der Waals surface area contributed by atoms with E-state index in [1.165, 1.54) is 11.3 Å². The van der Waals surface area contributed by atoms with Crippen LogP contribution in [0.1, 0.15) is 23.0 Å². The van der Waals surface area contributed by atoms with Crippen molar-refractivity contribution in [2.24, 2.45) is 0 Å². The van der Waals surface area contributed by atoms with Gasteiger partial charge in [0.05, 0.1) is 24.1 Å². The van der Waals surface area contributed by atoms with Gasteiger partial charge in [-0.15, -0.1) is 0 Å². The van der Waals surface area contributed by atoms with E-state index in [0.29, 0.717) is 23.1 Å². The Balaban J connectivity index is 1.51. The third kappa shape index (κ3) is 4.38. The van der Waals surface area contributed by atoms with Crippen molar-refractivity contribution < 1.29 is 13.9 Å². The van der Waals surface area contributed by atoms with Gasteiger partial charge in [0.1, 0.15) is 17.0 Å². The molecular weight excluding hydrogens is 432 g/mol. The maximum Gasteiger partial charge on any atom is 0.260 e. The van der Waals surface area contributed by atoms with Crippen LogP contribution in [0.3, 0.4) is 0 Å². The second kappa shape index (κ2) is 9.30. The average Bonchev–Trinajstić information content (AvgIpc) is 3.53. The second-order valence-electron chi connectivity index (χ2n) is 7.45. The number of carbonyl (C=O) groups is 1. The van der Waals surface area contributed by atoms with Crippen molar-refractivity contribution in [3.63, 3.8) is 0 Å². The molecule has 2 aromatic heterocycles. The minimum absolute atomic E-state index is 0.136. The summed E-state index contributed by atoms with van der Waals surface area (Å²) in [6.45, 7) is 2.78. The van der Waals surface area contributed by atoms with Crippen LogP contribution in [0.25, 0.3) is 21.3 Å². The summed E-state index contributed by atoms with van der Waals surface area (Å²) >= 11 is 1.46. The molecule has 0 radical (unpaired) electrons. The first-order valence-electron chi connectivity index (χ1n) is 10.7. The number of furan rings is 1. The Morgan fingerprint density at radius 3 is 2.45 bits per heavy atom. The molecule has 164 valence electrons. The van der Waals surface area contributed by atoms with Crippen molar-refractivity contribution in [1.82, 2.24) is 4.98 Å². The molecule has 6 heteroatoms. The van der Waals surface area contributed by atoms with Gasteiger partial charge in [0, 0.05) is 5.56 Å². The van der Waals surface area contributed by atoms with Gasteiger partial charge in [0.25, 0.3) is 5.91 Å². The molecule has 5 rings (SSSR count). The van der Waals surface area contributed by atoms with Crippen LogP contribution in [0.15, 0.2) is 95.6 Å². The number of hydrogen-bond donors (Lipinski definition) is 0. The van der Waals surface area contributed by atoms with E-state index in [0.717, 1.165) is 27.1 Å². The van der Waals surface area contributed by atoms with Crippen LogP contribution in [0.2, 0.25) is 0 Å². The van der Waals surface area contributed by atoms with Crippen molar-refractivity contribution in [3.8, 4) is 16.9 Å². The summed E-state index contributed by atoms with van der Waals surface area (Å²) in [5.74, 6) is 1.27. The predicted octanol–water partition coefficient (Wildman–Crippen LogP) is 6.80. The van der Waals surface area contributed by atoms with Crippen LogP contribution in [-0.4, -0.2) is 17.5 Å². The van der Waals surface area contributed by atoms with Crippen molar-refractivity contribution in [1.29, 1.82) is 0 Å². The Kier molecular flexibility index (Phi) is 5.91. The molecule has 1 amide bonds. The molecule has 5 aromatic rings. The fraction of sp³-hybridized carbons (Fsp3) is 0.111. The van der Waals surface area contributed by atoms with E-state index in [1.807, 2.05) is 79.7 Å². The molecule has 0 aliphatic carbocycles. The first-order valence-corrected chi connectivity index (χ1v) is 11.6. The number of carbonyl (C=O) groups excluding carboxylic acids is 1. The monoisotopic (exact) mass is 454 g/mol. The fourth-order valence-electron chi connectivity index (χ4n) is 3.68. The summed E-state index contributed by atoms with van der Waals surface area (Å²) in [4.78, 5) is 20.1. The number of rotatable bonds is 7. The van der Waals surface area contributed by atoms with Gasteiger partial charge in [-0.05, 0) is 54.4 Å². The lowest BCUT2D eigenvalue weighted by Crippen LogP contribution is -2.30. The molecule has 0 saturated carbocycles. The molecule has 0 saturated heterocycles. The van der Waals surface area contributed by atoms with E-state index in [9.17, 15) is 4.79 Å². The normalized spacial score (nSPS) is 10.9. The topological polar surface area (TPSA) is 55.6 Å². The highest BCUT2D eigenvalue weighted by Gasteiger charge is 2.23. The van der Waals surface area contributed by atoms with Crippen LogP contribution < -0.4 is 9.64 Å². The summed E-state index contributed by atoms with van der Waals surface area (Å²) in [5.41, 5.74) is 3.52. The van der Waals surface area contributed by atoms with Crippen molar-refractivity contribution in [2.75, 3.05) is 11.5 Å². The lowest BCUT2D eigenvalue weighted by molar-refractivity contribution is 0.0983. The third-order valence-electron chi connectivity index (χ3n) is 5.28. The van der Waals surface area contributed by atoms with Crippen molar-refractivity contribution >= 4 is 32.6 Å². The van der Waals surface area contributed by atoms with Crippen LogP contribution >= 0.6 is 11.3 Å². The number of ether oxygens (including phenoxy) is 1. The molecule has 0 atom stereocenters. The zero-order valence-electron chi connectivity index (χ0n) is 18.1. The van der Waals surface area contributed by atoms with E-state index in [2.05, 4.69) is 12.1 Å².